The third-order valence-electron chi connectivity index (χ3n) is 3.19. The van der Waals surface area contributed by atoms with Crippen LogP contribution >= 0.6 is 0 Å². The first-order valence-electron chi connectivity index (χ1n) is 6.19. The zero-order chi connectivity index (χ0) is 12.3. The average Bonchev–Trinajstić information content (AvgIpc) is 2.83. The lowest BCUT2D eigenvalue weighted by Gasteiger charge is -2.19. The molecule has 1 unspecified atom stereocenters. The van der Waals surface area contributed by atoms with Crippen LogP contribution in [-0.4, -0.2) is 24.1 Å². The van der Waals surface area contributed by atoms with E-state index in [0.29, 0.717) is 0 Å². The van der Waals surface area contributed by atoms with Crippen LogP contribution in [0.25, 0.3) is 0 Å². The van der Waals surface area contributed by atoms with Crippen LogP contribution in [0, 0.1) is 6.92 Å². The van der Waals surface area contributed by atoms with Gasteiger partial charge in [-0.15, -0.1) is 0 Å². The van der Waals surface area contributed by atoms with Crippen LogP contribution in [0.1, 0.15) is 37.0 Å². The Hall–Kier alpha value is -1.51. The van der Waals surface area contributed by atoms with Gasteiger partial charge in [0.25, 0.3) is 0 Å². The molecule has 3 nitrogen and oxygen atoms in total. The fourth-order valence-corrected chi connectivity index (χ4v) is 2.03. The van der Waals surface area contributed by atoms with Crippen molar-refractivity contribution < 1.29 is 9.53 Å². The first-order valence-corrected chi connectivity index (χ1v) is 6.19. The van der Waals surface area contributed by atoms with Gasteiger partial charge in [0.05, 0.1) is 0 Å². The molecule has 1 atom stereocenters. The van der Waals surface area contributed by atoms with E-state index < -0.39 is 0 Å². The maximum atomic E-state index is 11.8. The highest BCUT2D eigenvalue weighted by molar-refractivity contribution is 5.68. The van der Waals surface area contributed by atoms with Crippen LogP contribution in [0.4, 0.5) is 4.79 Å². The van der Waals surface area contributed by atoms with E-state index in [1.54, 1.807) is 4.90 Å². The molecular weight excluding hydrogens is 214 g/mol. The third-order valence-corrected chi connectivity index (χ3v) is 3.19. The highest BCUT2D eigenvalue weighted by Crippen LogP contribution is 2.19. The third kappa shape index (κ3) is 2.99. The smallest absolute Gasteiger partial charge is 0.410 e. The molecule has 0 radical (unpaired) electrons. The Labute approximate surface area is 102 Å². The first-order chi connectivity index (χ1) is 8.16. The lowest BCUT2D eigenvalue weighted by Crippen LogP contribution is -2.29. The first kappa shape index (κ1) is 12.0. The normalized spacial score (nSPS) is 16.9. The number of likely N-dealkylation sites (tertiary alicyclic amines) is 1. The molecule has 1 aliphatic heterocycles. The summed E-state index contributed by atoms with van der Waals surface area (Å²) in [5, 5.41) is 0. The minimum absolute atomic E-state index is 0.177. The van der Waals surface area contributed by atoms with Crippen molar-refractivity contribution in [2.45, 2.75) is 32.8 Å². The maximum Gasteiger partial charge on any atom is 0.410 e. The Morgan fingerprint density at radius 1 is 1.24 bits per heavy atom. The van der Waals surface area contributed by atoms with Gasteiger partial charge in [0.2, 0.25) is 0 Å². The highest BCUT2D eigenvalue weighted by atomic mass is 16.6. The summed E-state index contributed by atoms with van der Waals surface area (Å²) in [5.41, 5.74) is 2.26. The van der Waals surface area contributed by atoms with Crippen molar-refractivity contribution in [1.29, 1.82) is 0 Å². The summed E-state index contributed by atoms with van der Waals surface area (Å²) in [7, 11) is 0. The number of carbonyl (C=O) groups is 1. The molecule has 0 saturated carbocycles. The number of hydrogen-bond donors (Lipinski definition) is 0. The molecule has 0 spiro atoms. The number of aryl methyl sites for hydroxylation is 1. The van der Waals surface area contributed by atoms with E-state index in [2.05, 4.69) is 0 Å². The number of carbonyl (C=O) groups excluding carboxylic acids is 1. The van der Waals surface area contributed by atoms with Gasteiger partial charge >= 0.3 is 6.09 Å². The molecule has 0 N–H and O–H groups in total. The Bertz CT molecular complexity index is 380. The summed E-state index contributed by atoms with van der Waals surface area (Å²) < 4.78 is 5.45. The lowest BCUT2D eigenvalue weighted by atomic mass is 10.1. The lowest BCUT2D eigenvalue weighted by molar-refractivity contribution is 0.0761. The van der Waals surface area contributed by atoms with Crippen molar-refractivity contribution >= 4 is 6.09 Å². The van der Waals surface area contributed by atoms with Crippen LogP contribution in [0.15, 0.2) is 24.3 Å². The van der Waals surface area contributed by atoms with Crippen molar-refractivity contribution in [1.82, 2.24) is 4.90 Å². The van der Waals surface area contributed by atoms with E-state index in [9.17, 15) is 4.79 Å². The van der Waals surface area contributed by atoms with Crippen molar-refractivity contribution in [3.63, 3.8) is 0 Å². The molecule has 1 aliphatic rings. The molecule has 1 heterocycles. The van der Waals surface area contributed by atoms with Crippen LogP contribution in [0.3, 0.4) is 0 Å². The summed E-state index contributed by atoms with van der Waals surface area (Å²) in [6, 6.07) is 8.10. The summed E-state index contributed by atoms with van der Waals surface area (Å²) in [5.74, 6) is 0. The van der Waals surface area contributed by atoms with Crippen LogP contribution in [-0.2, 0) is 4.74 Å². The predicted molar refractivity (Wildman–Crippen MR) is 66.9 cm³/mol. The van der Waals surface area contributed by atoms with Gasteiger partial charge in [0, 0.05) is 13.1 Å². The van der Waals surface area contributed by atoms with E-state index in [-0.39, 0.29) is 12.2 Å². The summed E-state index contributed by atoms with van der Waals surface area (Å²) >= 11 is 0. The van der Waals surface area contributed by atoms with Crippen molar-refractivity contribution in [3.05, 3.63) is 35.4 Å². The Balaban J connectivity index is 1.93. The summed E-state index contributed by atoms with van der Waals surface area (Å²) in [6.07, 6.45) is 1.82. The van der Waals surface area contributed by atoms with E-state index in [1.165, 1.54) is 5.56 Å². The van der Waals surface area contributed by atoms with Gasteiger partial charge in [-0.05, 0) is 32.3 Å². The fraction of sp³-hybridized carbons (Fsp3) is 0.500. The van der Waals surface area contributed by atoms with Gasteiger partial charge < -0.3 is 9.64 Å². The second-order valence-corrected chi connectivity index (χ2v) is 4.63. The fourth-order valence-electron chi connectivity index (χ4n) is 2.03. The largest absolute Gasteiger partial charge is 0.442 e. The molecule has 17 heavy (non-hydrogen) atoms. The van der Waals surface area contributed by atoms with Crippen LogP contribution < -0.4 is 0 Å². The average molecular weight is 233 g/mol. The Kier molecular flexibility index (Phi) is 3.67. The number of benzene rings is 1. The van der Waals surface area contributed by atoms with Gasteiger partial charge in [0.1, 0.15) is 6.10 Å². The number of nitrogens with zero attached hydrogens (tertiary/aromatic N) is 1. The molecule has 1 saturated heterocycles. The van der Waals surface area contributed by atoms with E-state index in [1.807, 2.05) is 38.1 Å². The van der Waals surface area contributed by atoms with Crippen molar-refractivity contribution in [3.8, 4) is 0 Å². The van der Waals surface area contributed by atoms with Crippen LogP contribution in [0.5, 0.6) is 0 Å². The van der Waals surface area contributed by atoms with Gasteiger partial charge in [-0.3, -0.25) is 0 Å². The monoisotopic (exact) mass is 233 g/mol. The van der Waals surface area contributed by atoms with E-state index in [0.717, 1.165) is 31.5 Å². The molecule has 0 bridgehead atoms. The summed E-state index contributed by atoms with van der Waals surface area (Å²) in [4.78, 5) is 13.6. The molecule has 0 aliphatic carbocycles. The second kappa shape index (κ2) is 5.21. The van der Waals surface area contributed by atoms with E-state index >= 15 is 0 Å². The van der Waals surface area contributed by atoms with Gasteiger partial charge in [-0.2, -0.15) is 0 Å². The van der Waals surface area contributed by atoms with Gasteiger partial charge in [-0.1, -0.05) is 29.8 Å². The zero-order valence-electron chi connectivity index (χ0n) is 10.5. The SMILES string of the molecule is Cc1ccc(C(C)OC(=O)N2CCCC2)cc1. The van der Waals surface area contributed by atoms with Crippen LogP contribution in [0.2, 0.25) is 0 Å². The number of amides is 1. The van der Waals surface area contributed by atoms with Crippen molar-refractivity contribution in [2.24, 2.45) is 0 Å². The summed E-state index contributed by atoms with van der Waals surface area (Å²) in [6.45, 7) is 5.63. The van der Waals surface area contributed by atoms with Gasteiger partial charge in [0.15, 0.2) is 0 Å². The minimum Gasteiger partial charge on any atom is -0.442 e. The van der Waals surface area contributed by atoms with Gasteiger partial charge in [-0.25, -0.2) is 4.79 Å². The Morgan fingerprint density at radius 2 is 1.82 bits per heavy atom. The Morgan fingerprint density at radius 3 is 2.41 bits per heavy atom. The molecule has 1 aromatic carbocycles. The second-order valence-electron chi connectivity index (χ2n) is 4.63. The molecule has 1 fully saturated rings. The quantitative estimate of drug-likeness (QED) is 0.784. The molecule has 92 valence electrons. The maximum absolute atomic E-state index is 11.8. The highest BCUT2D eigenvalue weighted by Gasteiger charge is 2.21. The topological polar surface area (TPSA) is 29.5 Å². The molecule has 1 amide bonds. The number of ether oxygens (including phenoxy) is 1. The molecular formula is C14H19NO2. The zero-order valence-corrected chi connectivity index (χ0v) is 10.5. The standard InChI is InChI=1S/C14H19NO2/c1-11-5-7-13(8-6-11)12(2)17-14(16)15-9-3-4-10-15/h5-8,12H,3-4,9-10H2,1-2H3. The molecule has 1 aromatic rings. The molecule has 0 aromatic heterocycles. The van der Waals surface area contributed by atoms with E-state index in [4.69, 9.17) is 4.74 Å². The molecule has 3 heteroatoms. The van der Waals surface area contributed by atoms with Crippen molar-refractivity contribution in [2.75, 3.05) is 13.1 Å². The molecule has 2 rings (SSSR count). The number of hydrogen-bond acceptors (Lipinski definition) is 2. The predicted octanol–water partition coefficient (Wildman–Crippen LogP) is 3.29. The minimum atomic E-state index is -0.185. The number of rotatable bonds is 2.